The monoisotopic (exact) mass is 639 g/mol. The van der Waals surface area contributed by atoms with Crippen LogP contribution in [-0.2, 0) is 0 Å². The van der Waals surface area contributed by atoms with Gasteiger partial charge in [-0.25, -0.2) is 0 Å². The number of nitro groups is 1. The van der Waals surface area contributed by atoms with Crippen LogP contribution in [0.4, 0.5) is 5.69 Å². The van der Waals surface area contributed by atoms with E-state index in [1.54, 1.807) is 6.07 Å². The summed E-state index contributed by atoms with van der Waals surface area (Å²) in [5.41, 5.74) is 1.22. The summed E-state index contributed by atoms with van der Waals surface area (Å²) >= 11 is 12.0. The second-order valence-corrected chi connectivity index (χ2v) is 7.92. The minimum Gasteiger partial charge on any atom is -0.275 e. The zero-order chi connectivity index (χ0) is 15.7. The van der Waals surface area contributed by atoms with E-state index in [0.717, 1.165) is 16.3 Å². The van der Waals surface area contributed by atoms with Crippen LogP contribution in [0.25, 0.3) is 11.1 Å². The first-order valence-electron chi connectivity index (χ1n) is 5.44. The zero-order valence-electron chi connectivity index (χ0n) is 10.1. The molecule has 0 bridgehead atoms. The molecule has 8 heteroatoms. The topological polar surface area (TPSA) is 60.2 Å². The van der Waals surface area contributed by atoms with Gasteiger partial charge in [-0.15, -0.1) is 0 Å². The highest BCUT2D eigenvalue weighted by molar-refractivity contribution is 14.1. The molecule has 2 aromatic carbocycles. The van der Waals surface area contributed by atoms with Gasteiger partial charge in [0, 0.05) is 22.3 Å². The molecule has 0 aliphatic heterocycles. The predicted molar refractivity (Wildman–Crippen MR) is 107 cm³/mol. The van der Waals surface area contributed by atoms with Crippen LogP contribution >= 0.6 is 79.4 Å². The fourth-order valence-corrected chi connectivity index (χ4v) is 6.19. The molecular formula is C13H5ClI3NO3. The Balaban J connectivity index is 2.69. The van der Waals surface area contributed by atoms with Gasteiger partial charge in [0.1, 0.15) is 5.56 Å². The maximum absolute atomic E-state index is 11.3. The van der Waals surface area contributed by atoms with Crippen molar-refractivity contribution in [2.45, 2.75) is 0 Å². The molecule has 0 aromatic heterocycles. The van der Waals surface area contributed by atoms with E-state index in [1.165, 1.54) is 12.1 Å². The summed E-state index contributed by atoms with van der Waals surface area (Å²) in [5.74, 6) is 0. The Morgan fingerprint density at radius 1 is 1.10 bits per heavy atom. The van der Waals surface area contributed by atoms with Gasteiger partial charge in [0.25, 0.3) is 10.9 Å². The molecule has 0 unspecified atom stereocenters. The number of carbonyl (C=O) groups excluding carboxylic acids is 1. The smallest absolute Gasteiger partial charge is 0.275 e. The van der Waals surface area contributed by atoms with Crippen LogP contribution < -0.4 is 0 Å². The highest BCUT2D eigenvalue weighted by Gasteiger charge is 2.21. The summed E-state index contributed by atoms with van der Waals surface area (Å²) in [6.45, 7) is 0. The molecule has 0 aliphatic carbocycles. The summed E-state index contributed by atoms with van der Waals surface area (Å²) in [5, 5.41) is 10.3. The molecule has 2 rings (SSSR count). The Bertz CT molecular complexity index is 741. The minimum atomic E-state index is -0.833. The molecule has 108 valence electrons. The molecule has 0 spiro atoms. The highest BCUT2D eigenvalue weighted by Crippen LogP contribution is 2.35. The van der Waals surface area contributed by atoms with Crippen LogP contribution in [0.1, 0.15) is 10.4 Å². The summed E-state index contributed by atoms with van der Waals surface area (Å²) in [4.78, 5) is 21.8. The Kier molecular flexibility index (Phi) is 5.82. The van der Waals surface area contributed by atoms with Crippen molar-refractivity contribution in [3.8, 4) is 11.1 Å². The Morgan fingerprint density at radius 2 is 1.67 bits per heavy atom. The van der Waals surface area contributed by atoms with Crippen molar-refractivity contribution < 1.29 is 9.72 Å². The standard InChI is InChI=1S/C13H5ClI3NO3/c14-13(19)8-2-1-6(3-11(8)18(20)21)12-9(16)4-7(15)5-10(12)17/h1-5H. The number of halogens is 4. The molecule has 0 saturated carbocycles. The normalized spacial score (nSPS) is 10.5. The molecule has 0 aliphatic rings. The number of carbonyl (C=O) groups is 1. The van der Waals surface area contributed by atoms with E-state index < -0.39 is 10.2 Å². The van der Waals surface area contributed by atoms with Gasteiger partial charge in [0.2, 0.25) is 0 Å². The van der Waals surface area contributed by atoms with Gasteiger partial charge < -0.3 is 0 Å². The molecule has 2 aromatic rings. The van der Waals surface area contributed by atoms with Gasteiger partial charge in [-0.05, 0) is 103 Å². The third-order valence-electron chi connectivity index (χ3n) is 2.70. The molecule has 21 heavy (non-hydrogen) atoms. The fourth-order valence-electron chi connectivity index (χ4n) is 1.82. The van der Waals surface area contributed by atoms with E-state index in [1.807, 2.05) is 12.1 Å². The van der Waals surface area contributed by atoms with Crippen LogP contribution in [0.5, 0.6) is 0 Å². The van der Waals surface area contributed by atoms with Crippen molar-refractivity contribution in [1.82, 2.24) is 0 Å². The Hall–Kier alpha value is -0.0100. The van der Waals surface area contributed by atoms with Gasteiger partial charge in [0.05, 0.1) is 4.92 Å². The third kappa shape index (κ3) is 3.85. The molecule has 0 heterocycles. The molecule has 4 nitrogen and oxygen atoms in total. The van der Waals surface area contributed by atoms with Crippen molar-refractivity contribution in [3.63, 3.8) is 0 Å². The molecular weight excluding hydrogens is 634 g/mol. The van der Waals surface area contributed by atoms with Gasteiger partial charge in [-0.3, -0.25) is 14.9 Å². The van der Waals surface area contributed by atoms with E-state index >= 15 is 0 Å². The van der Waals surface area contributed by atoms with Crippen molar-refractivity contribution in [1.29, 1.82) is 0 Å². The van der Waals surface area contributed by atoms with Crippen LogP contribution in [-0.4, -0.2) is 10.2 Å². The minimum absolute atomic E-state index is 0.0963. The van der Waals surface area contributed by atoms with Crippen LogP contribution in [0.15, 0.2) is 30.3 Å². The van der Waals surface area contributed by atoms with Crippen LogP contribution in [0.3, 0.4) is 0 Å². The molecule has 0 radical (unpaired) electrons. The quantitative estimate of drug-likeness (QED) is 0.194. The van der Waals surface area contributed by atoms with E-state index in [4.69, 9.17) is 11.6 Å². The average molecular weight is 639 g/mol. The first-order chi connectivity index (χ1) is 9.81. The first kappa shape index (κ1) is 17.3. The lowest BCUT2D eigenvalue weighted by Gasteiger charge is -2.09. The van der Waals surface area contributed by atoms with Crippen molar-refractivity contribution in [2.75, 3.05) is 0 Å². The summed E-state index contributed by atoms with van der Waals surface area (Å²) < 4.78 is 3.07. The summed E-state index contributed by atoms with van der Waals surface area (Å²) in [6, 6.07) is 8.44. The van der Waals surface area contributed by atoms with Gasteiger partial charge >= 0.3 is 0 Å². The largest absolute Gasteiger partial charge is 0.282 e. The van der Waals surface area contributed by atoms with Gasteiger partial charge in [0.15, 0.2) is 0 Å². The molecule has 0 saturated heterocycles. The molecule has 0 atom stereocenters. The first-order valence-corrected chi connectivity index (χ1v) is 9.06. The lowest BCUT2D eigenvalue weighted by Crippen LogP contribution is -1.99. The van der Waals surface area contributed by atoms with E-state index in [-0.39, 0.29) is 11.3 Å². The van der Waals surface area contributed by atoms with E-state index in [0.29, 0.717) is 5.56 Å². The fraction of sp³-hybridized carbons (Fsp3) is 0. The third-order valence-corrected chi connectivity index (χ3v) is 5.23. The number of rotatable bonds is 3. The second kappa shape index (κ2) is 7.04. The summed E-state index contributed by atoms with van der Waals surface area (Å²) in [7, 11) is 0. The maximum atomic E-state index is 11.3. The van der Waals surface area contributed by atoms with Gasteiger partial charge in [-0.2, -0.15) is 0 Å². The lowest BCUT2D eigenvalue weighted by atomic mass is 10.0. The lowest BCUT2D eigenvalue weighted by molar-refractivity contribution is -0.385. The number of hydrogen-bond acceptors (Lipinski definition) is 3. The summed E-state index contributed by atoms with van der Waals surface area (Å²) in [6.07, 6.45) is 0. The highest BCUT2D eigenvalue weighted by atomic mass is 127. The van der Waals surface area contributed by atoms with Gasteiger partial charge in [-0.1, -0.05) is 6.07 Å². The number of benzene rings is 2. The average Bonchev–Trinajstić information content (AvgIpc) is 2.36. The van der Waals surface area contributed by atoms with Crippen molar-refractivity contribution in [2.24, 2.45) is 0 Å². The predicted octanol–water partition coefficient (Wildman–Crippen LogP) is 5.45. The number of nitrogens with zero attached hydrogens (tertiary/aromatic N) is 1. The molecule has 0 amide bonds. The van der Waals surface area contributed by atoms with Crippen molar-refractivity contribution >= 4 is 90.3 Å². The van der Waals surface area contributed by atoms with Crippen LogP contribution in [0.2, 0.25) is 0 Å². The zero-order valence-corrected chi connectivity index (χ0v) is 17.3. The Morgan fingerprint density at radius 3 is 2.14 bits per heavy atom. The van der Waals surface area contributed by atoms with Crippen LogP contribution in [0, 0.1) is 20.8 Å². The molecule has 0 N–H and O–H groups in total. The number of nitro benzene ring substituents is 1. The molecule has 0 fully saturated rings. The Labute approximate surface area is 166 Å². The van der Waals surface area contributed by atoms with E-state index in [9.17, 15) is 14.9 Å². The maximum Gasteiger partial charge on any atom is 0.282 e. The number of hydrogen-bond donors (Lipinski definition) is 0. The second-order valence-electron chi connectivity index (χ2n) is 4.01. The van der Waals surface area contributed by atoms with E-state index in [2.05, 4.69) is 67.8 Å². The SMILES string of the molecule is O=C(Cl)c1ccc(-c2c(I)cc(I)cc2I)cc1[N+](=O)[O-]. The van der Waals surface area contributed by atoms with Crippen molar-refractivity contribution in [3.05, 3.63) is 56.7 Å².